The van der Waals surface area contributed by atoms with Crippen molar-refractivity contribution < 1.29 is 0 Å². The Kier molecular flexibility index (Phi) is 6.60. The van der Waals surface area contributed by atoms with Crippen molar-refractivity contribution in [3.05, 3.63) is 30.1 Å². The summed E-state index contributed by atoms with van der Waals surface area (Å²) in [7, 11) is 0. The first-order valence-corrected chi connectivity index (χ1v) is 6.66. The predicted octanol–water partition coefficient (Wildman–Crippen LogP) is 3.08. The van der Waals surface area contributed by atoms with Crippen molar-refractivity contribution in [2.75, 3.05) is 18.4 Å². The minimum atomic E-state index is 1.04. The lowest BCUT2D eigenvalue weighted by molar-refractivity contribution is 0.275. The SMILES string of the molecule is CCN(CCCCBr)Cc1ccncc1. The fraction of sp³-hybridized carbons (Fsp3) is 0.583. The van der Waals surface area contributed by atoms with Crippen molar-refractivity contribution in [1.29, 1.82) is 0 Å². The van der Waals surface area contributed by atoms with E-state index in [4.69, 9.17) is 0 Å². The smallest absolute Gasteiger partial charge is 0.0271 e. The lowest BCUT2D eigenvalue weighted by atomic mass is 10.2. The Bertz CT molecular complexity index is 251. The van der Waals surface area contributed by atoms with Crippen LogP contribution in [0.15, 0.2) is 24.5 Å². The van der Waals surface area contributed by atoms with Crippen LogP contribution >= 0.6 is 15.9 Å². The molecule has 3 heteroatoms. The average Bonchev–Trinajstić information content (AvgIpc) is 2.29. The van der Waals surface area contributed by atoms with Crippen molar-refractivity contribution in [1.82, 2.24) is 9.88 Å². The van der Waals surface area contributed by atoms with Crippen molar-refractivity contribution in [3.8, 4) is 0 Å². The van der Waals surface area contributed by atoms with E-state index in [1.165, 1.54) is 24.9 Å². The van der Waals surface area contributed by atoms with Gasteiger partial charge in [-0.2, -0.15) is 0 Å². The first kappa shape index (κ1) is 12.7. The number of aromatic nitrogens is 1. The molecular weight excluding hydrogens is 252 g/mol. The van der Waals surface area contributed by atoms with Crippen LogP contribution in [0.1, 0.15) is 25.3 Å². The van der Waals surface area contributed by atoms with E-state index in [0.717, 1.165) is 18.4 Å². The molecule has 1 aromatic rings. The minimum Gasteiger partial charge on any atom is -0.299 e. The molecule has 0 aliphatic heterocycles. The molecule has 1 aromatic heterocycles. The number of halogens is 1. The van der Waals surface area contributed by atoms with Crippen molar-refractivity contribution in [2.45, 2.75) is 26.3 Å². The van der Waals surface area contributed by atoms with E-state index in [9.17, 15) is 0 Å². The Morgan fingerprint density at radius 1 is 1.27 bits per heavy atom. The second-order valence-electron chi connectivity index (χ2n) is 3.62. The molecule has 0 unspecified atom stereocenters. The highest BCUT2D eigenvalue weighted by molar-refractivity contribution is 9.09. The summed E-state index contributed by atoms with van der Waals surface area (Å²) in [6, 6.07) is 4.18. The maximum Gasteiger partial charge on any atom is 0.0271 e. The van der Waals surface area contributed by atoms with E-state index in [0.29, 0.717) is 0 Å². The van der Waals surface area contributed by atoms with Crippen LogP contribution < -0.4 is 0 Å². The Hall–Kier alpha value is -0.410. The van der Waals surface area contributed by atoms with Gasteiger partial charge in [0.1, 0.15) is 0 Å². The minimum absolute atomic E-state index is 1.04. The average molecular weight is 271 g/mol. The van der Waals surface area contributed by atoms with Crippen LogP contribution in [-0.2, 0) is 6.54 Å². The van der Waals surface area contributed by atoms with E-state index >= 15 is 0 Å². The molecule has 2 nitrogen and oxygen atoms in total. The molecule has 84 valence electrons. The van der Waals surface area contributed by atoms with Crippen LogP contribution in [-0.4, -0.2) is 28.3 Å². The monoisotopic (exact) mass is 270 g/mol. The van der Waals surface area contributed by atoms with Crippen molar-refractivity contribution >= 4 is 15.9 Å². The number of hydrogen-bond donors (Lipinski definition) is 0. The molecule has 0 aromatic carbocycles. The van der Waals surface area contributed by atoms with Crippen LogP contribution in [0.2, 0.25) is 0 Å². The van der Waals surface area contributed by atoms with E-state index in [2.05, 4.69) is 44.9 Å². The van der Waals surface area contributed by atoms with Gasteiger partial charge in [0.15, 0.2) is 0 Å². The van der Waals surface area contributed by atoms with Gasteiger partial charge >= 0.3 is 0 Å². The standard InChI is InChI=1S/C12H19BrN2/c1-2-15(10-4-3-7-13)11-12-5-8-14-9-6-12/h5-6,8-9H,2-4,7,10-11H2,1H3. The second-order valence-corrected chi connectivity index (χ2v) is 4.41. The number of rotatable bonds is 7. The van der Waals surface area contributed by atoms with Crippen LogP contribution in [0.5, 0.6) is 0 Å². The van der Waals surface area contributed by atoms with Crippen molar-refractivity contribution in [3.63, 3.8) is 0 Å². The van der Waals surface area contributed by atoms with Gasteiger partial charge in [-0.25, -0.2) is 0 Å². The van der Waals surface area contributed by atoms with E-state index in [-0.39, 0.29) is 0 Å². The third kappa shape index (κ3) is 5.28. The molecule has 0 aliphatic rings. The topological polar surface area (TPSA) is 16.1 Å². The zero-order valence-corrected chi connectivity index (χ0v) is 10.9. The molecule has 0 spiro atoms. The highest BCUT2D eigenvalue weighted by Gasteiger charge is 2.02. The number of unbranched alkanes of at least 4 members (excludes halogenated alkanes) is 1. The summed E-state index contributed by atoms with van der Waals surface area (Å²) in [5.41, 5.74) is 1.35. The van der Waals surface area contributed by atoms with Gasteiger partial charge in [-0.05, 0) is 43.6 Å². The zero-order valence-electron chi connectivity index (χ0n) is 9.32. The molecular formula is C12H19BrN2. The quantitative estimate of drug-likeness (QED) is 0.559. The second kappa shape index (κ2) is 7.83. The van der Waals surface area contributed by atoms with E-state index < -0.39 is 0 Å². The maximum absolute atomic E-state index is 4.03. The fourth-order valence-corrected chi connectivity index (χ4v) is 1.92. The summed E-state index contributed by atoms with van der Waals surface area (Å²) in [5.74, 6) is 0. The van der Waals surface area contributed by atoms with E-state index in [1.54, 1.807) is 0 Å². The number of nitrogens with zero attached hydrogens (tertiary/aromatic N) is 2. The summed E-state index contributed by atoms with van der Waals surface area (Å²) in [6.45, 7) is 5.56. The Balaban J connectivity index is 2.33. The summed E-state index contributed by atoms with van der Waals surface area (Å²) < 4.78 is 0. The molecule has 0 amide bonds. The molecule has 0 bridgehead atoms. The Labute approximate surface area is 101 Å². The molecule has 0 aliphatic carbocycles. The highest BCUT2D eigenvalue weighted by Crippen LogP contribution is 2.05. The first-order valence-electron chi connectivity index (χ1n) is 5.54. The van der Waals surface area contributed by atoms with Crippen molar-refractivity contribution in [2.24, 2.45) is 0 Å². The van der Waals surface area contributed by atoms with Gasteiger partial charge in [0.05, 0.1) is 0 Å². The normalized spacial score (nSPS) is 10.9. The van der Waals surface area contributed by atoms with Crippen LogP contribution in [0.25, 0.3) is 0 Å². The lowest BCUT2D eigenvalue weighted by Gasteiger charge is -2.19. The van der Waals surface area contributed by atoms with E-state index in [1.807, 2.05) is 12.4 Å². The van der Waals surface area contributed by atoms with Crippen LogP contribution in [0, 0.1) is 0 Å². The number of pyridine rings is 1. The third-order valence-electron chi connectivity index (χ3n) is 2.46. The van der Waals surface area contributed by atoms with Gasteiger partial charge < -0.3 is 0 Å². The van der Waals surface area contributed by atoms with Gasteiger partial charge in [0.25, 0.3) is 0 Å². The molecule has 0 fully saturated rings. The molecule has 0 radical (unpaired) electrons. The molecule has 15 heavy (non-hydrogen) atoms. The predicted molar refractivity (Wildman–Crippen MR) is 68.2 cm³/mol. The van der Waals surface area contributed by atoms with Gasteiger partial charge in [-0.1, -0.05) is 22.9 Å². The zero-order chi connectivity index (χ0) is 10.9. The third-order valence-corrected chi connectivity index (χ3v) is 3.02. The maximum atomic E-state index is 4.03. The summed E-state index contributed by atoms with van der Waals surface area (Å²) in [5, 5.41) is 1.11. The van der Waals surface area contributed by atoms with Gasteiger partial charge in [-0.3, -0.25) is 9.88 Å². The summed E-state index contributed by atoms with van der Waals surface area (Å²) in [6.07, 6.45) is 6.25. The number of hydrogen-bond acceptors (Lipinski definition) is 2. The van der Waals surface area contributed by atoms with Gasteiger partial charge in [-0.15, -0.1) is 0 Å². The van der Waals surface area contributed by atoms with Gasteiger partial charge in [0, 0.05) is 24.3 Å². The molecule has 0 saturated carbocycles. The largest absolute Gasteiger partial charge is 0.299 e. The summed E-state index contributed by atoms with van der Waals surface area (Å²) >= 11 is 3.46. The molecule has 0 N–H and O–H groups in total. The van der Waals surface area contributed by atoms with Crippen LogP contribution in [0.3, 0.4) is 0 Å². The number of alkyl halides is 1. The van der Waals surface area contributed by atoms with Gasteiger partial charge in [0.2, 0.25) is 0 Å². The Morgan fingerprint density at radius 2 is 2.00 bits per heavy atom. The highest BCUT2D eigenvalue weighted by atomic mass is 79.9. The molecule has 1 heterocycles. The first-order chi connectivity index (χ1) is 7.36. The fourth-order valence-electron chi connectivity index (χ4n) is 1.53. The molecule has 1 rings (SSSR count). The summed E-state index contributed by atoms with van der Waals surface area (Å²) in [4.78, 5) is 6.50. The van der Waals surface area contributed by atoms with Crippen LogP contribution in [0.4, 0.5) is 0 Å². The lowest BCUT2D eigenvalue weighted by Crippen LogP contribution is -2.24. The Morgan fingerprint density at radius 3 is 2.60 bits per heavy atom. The molecule has 0 saturated heterocycles. The molecule has 0 atom stereocenters.